The first-order valence-electron chi connectivity index (χ1n) is 6.76. The van der Waals surface area contributed by atoms with Gasteiger partial charge in [-0.3, -0.25) is 4.90 Å². The van der Waals surface area contributed by atoms with E-state index >= 15 is 0 Å². The molecule has 1 aliphatic heterocycles. The molecule has 0 bridgehead atoms. The van der Waals surface area contributed by atoms with Crippen molar-refractivity contribution in [2.45, 2.75) is 25.8 Å². The number of thiocarbonyl (C=S) groups is 1. The van der Waals surface area contributed by atoms with Crippen molar-refractivity contribution in [3.8, 4) is 0 Å². The van der Waals surface area contributed by atoms with Crippen LogP contribution in [-0.4, -0.2) is 35.6 Å². The molecule has 0 radical (unpaired) electrons. The molecule has 0 aliphatic carbocycles. The van der Waals surface area contributed by atoms with E-state index in [4.69, 9.17) is 18.0 Å². The lowest BCUT2D eigenvalue weighted by Crippen LogP contribution is -2.35. The van der Waals surface area contributed by atoms with Crippen LogP contribution >= 0.6 is 12.2 Å². The van der Waals surface area contributed by atoms with Crippen molar-refractivity contribution in [1.82, 2.24) is 4.90 Å². The van der Waals surface area contributed by atoms with E-state index in [-0.39, 0.29) is 22.3 Å². The molecule has 3 nitrogen and oxygen atoms in total. The largest absolute Gasteiger partial charge is 0.389 e. The normalized spacial score (nSPS) is 17.1. The zero-order valence-electron chi connectivity index (χ0n) is 11.5. The number of anilines is 1. The number of likely N-dealkylation sites (tertiary alicyclic amines) is 1. The lowest BCUT2D eigenvalue weighted by atomic mass is 10.1. The van der Waals surface area contributed by atoms with E-state index in [9.17, 15) is 8.78 Å². The maximum Gasteiger partial charge on any atom is 0.150 e. The van der Waals surface area contributed by atoms with Crippen molar-refractivity contribution >= 4 is 22.9 Å². The Hall–Kier alpha value is -1.27. The Morgan fingerprint density at radius 1 is 1.35 bits per heavy atom. The molecule has 20 heavy (non-hydrogen) atoms. The van der Waals surface area contributed by atoms with E-state index in [1.165, 1.54) is 12.8 Å². The third-order valence-corrected chi connectivity index (χ3v) is 3.90. The molecule has 0 saturated carbocycles. The van der Waals surface area contributed by atoms with Crippen LogP contribution in [0.3, 0.4) is 0 Å². The van der Waals surface area contributed by atoms with E-state index < -0.39 is 11.6 Å². The predicted molar refractivity (Wildman–Crippen MR) is 81.0 cm³/mol. The maximum absolute atomic E-state index is 13.9. The van der Waals surface area contributed by atoms with Crippen molar-refractivity contribution in [2.75, 3.05) is 25.0 Å². The summed E-state index contributed by atoms with van der Waals surface area (Å²) in [6, 6.07) is 2.56. The van der Waals surface area contributed by atoms with E-state index in [0.717, 1.165) is 25.2 Å². The van der Waals surface area contributed by atoms with Gasteiger partial charge in [-0.2, -0.15) is 0 Å². The van der Waals surface area contributed by atoms with Gasteiger partial charge in [-0.1, -0.05) is 12.2 Å². The van der Waals surface area contributed by atoms with Crippen molar-refractivity contribution in [3.63, 3.8) is 0 Å². The number of hydrogen-bond acceptors (Lipinski definition) is 3. The molecule has 1 aromatic carbocycles. The van der Waals surface area contributed by atoms with Crippen molar-refractivity contribution in [1.29, 1.82) is 0 Å². The molecule has 3 N–H and O–H groups in total. The summed E-state index contributed by atoms with van der Waals surface area (Å²) in [4.78, 5) is 2.30. The Kier molecular flexibility index (Phi) is 4.88. The summed E-state index contributed by atoms with van der Waals surface area (Å²) in [5, 5.41) is 2.85. The van der Waals surface area contributed by atoms with Gasteiger partial charge in [0, 0.05) is 18.2 Å². The number of halogens is 2. The monoisotopic (exact) mass is 299 g/mol. The minimum Gasteiger partial charge on any atom is -0.389 e. The molecule has 110 valence electrons. The number of rotatable bonds is 5. The highest BCUT2D eigenvalue weighted by atomic mass is 32.1. The van der Waals surface area contributed by atoms with Gasteiger partial charge in [0.25, 0.3) is 0 Å². The van der Waals surface area contributed by atoms with Crippen LogP contribution in [0.1, 0.15) is 25.3 Å². The molecular formula is C14H19F2N3S. The standard InChI is InChI=1S/C14H19F2N3S/c1-9(19-4-2-3-5-19)8-18-13-11(15)6-10(14(17)20)7-12(13)16/h6-7,9,18H,2-5,8H2,1H3,(H2,17,20). The second-order valence-electron chi connectivity index (χ2n) is 5.15. The van der Waals surface area contributed by atoms with Gasteiger partial charge in [0.05, 0.1) is 0 Å². The highest BCUT2D eigenvalue weighted by Gasteiger charge is 2.19. The number of nitrogens with one attached hydrogen (secondary N) is 1. The molecule has 1 fully saturated rings. The Morgan fingerprint density at radius 2 is 1.90 bits per heavy atom. The molecule has 6 heteroatoms. The second kappa shape index (κ2) is 6.45. The number of nitrogens with two attached hydrogens (primary N) is 1. The molecule has 0 aromatic heterocycles. The Balaban J connectivity index is 2.03. The fourth-order valence-corrected chi connectivity index (χ4v) is 2.56. The fourth-order valence-electron chi connectivity index (χ4n) is 2.45. The summed E-state index contributed by atoms with van der Waals surface area (Å²) in [5.74, 6) is -1.33. The van der Waals surface area contributed by atoms with Gasteiger partial charge in [0.1, 0.15) is 22.3 Å². The molecular weight excluding hydrogens is 280 g/mol. The fraction of sp³-hybridized carbons (Fsp3) is 0.500. The number of nitrogens with zero attached hydrogens (tertiary/aromatic N) is 1. The van der Waals surface area contributed by atoms with Gasteiger partial charge in [-0.15, -0.1) is 0 Å². The van der Waals surface area contributed by atoms with Crippen LogP contribution in [0, 0.1) is 11.6 Å². The van der Waals surface area contributed by atoms with Gasteiger partial charge < -0.3 is 11.1 Å². The van der Waals surface area contributed by atoms with Crippen LogP contribution in [0.15, 0.2) is 12.1 Å². The van der Waals surface area contributed by atoms with E-state index in [0.29, 0.717) is 6.54 Å². The highest BCUT2D eigenvalue weighted by molar-refractivity contribution is 7.80. The van der Waals surface area contributed by atoms with Crippen LogP contribution in [-0.2, 0) is 0 Å². The minimum atomic E-state index is -0.665. The van der Waals surface area contributed by atoms with Crippen LogP contribution in [0.4, 0.5) is 14.5 Å². The van der Waals surface area contributed by atoms with Crippen molar-refractivity contribution in [3.05, 3.63) is 29.3 Å². The summed E-state index contributed by atoms with van der Waals surface area (Å²) in [6.45, 7) is 4.65. The van der Waals surface area contributed by atoms with E-state index in [1.54, 1.807) is 0 Å². The molecule has 1 aromatic rings. The van der Waals surface area contributed by atoms with Gasteiger partial charge in [0.2, 0.25) is 0 Å². The van der Waals surface area contributed by atoms with Gasteiger partial charge >= 0.3 is 0 Å². The predicted octanol–water partition coefficient (Wildman–Crippen LogP) is 2.50. The first kappa shape index (κ1) is 15.1. The summed E-state index contributed by atoms with van der Waals surface area (Å²) in [6.07, 6.45) is 2.38. The average molecular weight is 299 g/mol. The summed E-state index contributed by atoms with van der Waals surface area (Å²) >= 11 is 4.72. The topological polar surface area (TPSA) is 41.3 Å². The Labute approximate surface area is 123 Å². The van der Waals surface area contributed by atoms with Crippen LogP contribution in [0.5, 0.6) is 0 Å². The third-order valence-electron chi connectivity index (χ3n) is 3.66. The molecule has 2 rings (SSSR count). The Morgan fingerprint density at radius 3 is 2.40 bits per heavy atom. The molecule has 1 unspecified atom stereocenters. The molecule has 0 amide bonds. The smallest absolute Gasteiger partial charge is 0.150 e. The summed E-state index contributed by atoms with van der Waals surface area (Å²) in [7, 11) is 0. The SMILES string of the molecule is CC(CNc1c(F)cc(C(N)=S)cc1F)N1CCCC1. The molecule has 1 atom stereocenters. The van der Waals surface area contributed by atoms with Crippen molar-refractivity contribution in [2.24, 2.45) is 5.73 Å². The minimum absolute atomic E-state index is 0.0141. The zero-order valence-corrected chi connectivity index (χ0v) is 12.3. The maximum atomic E-state index is 13.9. The first-order chi connectivity index (χ1) is 9.49. The van der Waals surface area contributed by atoms with Crippen LogP contribution in [0.25, 0.3) is 0 Å². The van der Waals surface area contributed by atoms with Crippen LogP contribution in [0.2, 0.25) is 0 Å². The number of hydrogen-bond donors (Lipinski definition) is 2. The number of benzene rings is 1. The molecule has 1 heterocycles. The summed E-state index contributed by atoms with van der Waals surface area (Å²) in [5.41, 5.74) is 5.46. The molecule has 0 spiro atoms. The van der Waals surface area contributed by atoms with Crippen molar-refractivity contribution < 1.29 is 8.78 Å². The quantitative estimate of drug-likeness (QED) is 0.820. The molecule has 1 saturated heterocycles. The van der Waals surface area contributed by atoms with Gasteiger partial charge in [-0.05, 0) is 45.0 Å². The first-order valence-corrected chi connectivity index (χ1v) is 7.16. The van der Waals surface area contributed by atoms with Crippen LogP contribution < -0.4 is 11.1 Å². The Bertz CT molecular complexity index is 478. The molecule has 1 aliphatic rings. The lowest BCUT2D eigenvalue weighted by Gasteiger charge is -2.24. The lowest BCUT2D eigenvalue weighted by molar-refractivity contribution is 0.269. The van der Waals surface area contributed by atoms with E-state index in [2.05, 4.69) is 17.1 Å². The van der Waals surface area contributed by atoms with Gasteiger partial charge in [-0.25, -0.2) is 8.78 Å². The summed E-state index contributed by atoms with van der Waals surface area (Å²) < 4.78 is 27.7. The van der Waals surface area contributed by atoms with E-state index in [1.807, 2.05) is 0 Å². The third kappa shape index (κ3) is 3.43. The second-order valence-corrected chi connectivity index (χ2v) is 5.59. The zero-order chi connectivity index (χ0) is 14.7. The van der Waals surface area contributed by atoms with Gasteiger partial charge in [0.15, 0.2) is 0 Å². The highest BCUT2D eigenvalue weighted by Crippen LogP contribution is 2.21. The average Bonchev–Trinajstić information content (AvgIpc) is 2.91.